The van der Waals surface area contributed by atoms with Crippen LogP contribution in [0.15, 0.2) is 10.6 Å². The smallest absolute Gasteiger partial charge is 0.260 e. The van der Waals surface area contributed by atoms with Crippen LogP contribution in [0.2, 0.25) is 0 Å². The fraction of sp³-hybridized carbons (Fsp3) is 0.500. The number of ether oxygens (including phenoxy) is 1. The highest BCUT2D eigenvalue weighted by Crippen LogP contribution is 2.09. The molecule has 0 atom stereocenters. The van der Waals surface area contributed by atoms with E-state index in [0.717, 1.165) is 0 Å². The van der Waals surface area contributed by atoms with Gasteiger partial charge in [-0.15, -0.1) is 0 Å². The van der Waals surface area contributed by atoms with Gasteiger partial charge >= 0.3 is 0 Å². The van der Waals surface area contributed by atoms with Crippen LogP contribution in [0.3, 0.4) is 0 Å². The average molecular weight is 184 g/mol. The number of likely N-dealkylation sites (N-methyl/N-ethyl adjacent to an activating group) is 1. The first kappa shape index (κ1) is 9.57. The first-order valence-corrected chi connectivity index (χ1v) is 3.86. The molecule has 0 aliphatic rings. The van der Waals surface area contributed by atoms with Gasteiger partial charge in [0.05, 0.1) is 0 Å². The number of carbonyl (C=O) groups excluding carboxylic acids is 1. The Hall–Kier alpha value is -1.52. The van der Waals surface area contributed by atoms with Crippen LogP contribution in [-0.2, 0) is 4.79 Å². The van der Waals surface area contributed by atoms with Crippen LogP contribution < -0.4 is 4.74 Å². The van der Waals surface area contributed by atoms with Gasteiger partial charge in [-0.3, -0.25) is 4.79 Å². The second-order valence-electron chi connectivity index (χ2n) is 2.85. The van der Waals surface area contributed by atoms with E-state index in [-0.39, 0.29) is 12.5 Å². The number of hydrogen-bond donors (Lipinski definition) is 0. The average Bonchev–Trinajstić information content (AvgIpc) is 2.47. The summed E-state index contributed by atoms with van der Waals surface area (Å²) in [6, 6.07) is 1.63. The van der Waals surface area contributed by atoms with Crippen LogP contribution >= 0.6 is 0 Å². The number of carbonyl (C=O) groups is 1. The zero-order valence-corrected chi connectivity index (χ0v) is 7.90. The van der Waals surface area contributed by atoms with Crippen molar-refractivity contribution in [3.05, 3.63) is 11.8 Å². The summed E-state index contributed by atoms with van der Waals surface area (Å²) in [7, 11) is 3.33. The van der Waals surface area contributed by atoms with E-state index in [9.17, 15) is 4.79 Å². The van der Waals surface area contributed by atoms with Gasteiger partial charge in [0.15, 0.2) is 6.61 Å². The Balaban J connectivity index is 2.39. The lowest BCUT2D eigenvalue weighted by molar-refractivity contribution is -0.130. The molecular weight excluding hydrogens is 172 g/mol. The monoisotopic (exact) mass is 184 g/mol. The van der Waals surface area contributed by atoms with E-state index in [0.29, 0.717) is 11.6 Å². The molecule has 0 aliphatic carbocycles. The number of rotatable bonds is 3. The second-order valence-corrected chi connectivity index (χ2v) is 2.85. The highest BCUT2D eigenvalue weighted by atomic mass is 16.5. The molecule has 0 aliphatic heterocycles. The molecule has 1 rings (SSSR count). The summed E-state index contributed by atoms with van der Waals surface area (Å²) in [6.45, 7) is 1.74. The second kappa shape index (κ2) is 3.93. The van der Waals surface area contributed by atoms with Crippen LogP contribution in [0, 0.1) is 6.92 Å². The summed E-state index contributed by atoms with van der Waals surface area (Å²) in [4.78, 5) is 12.5. The number of amides is 1. The minimum absolute atomic E-state index is 0.0149. The summed E-state index contributed by atoms with van der Waals surface area (Å²) in [5, 5.41) is 3.58. The molecule has 72 valence electrons. The molecular formula is C8H12N2O3. The Labute approximate surface area is 76.3 Å². The zero-order chi connectivity index (χ0) is 9.84. The Bertz CT molecular complexity index is 293. The molecule has 0 aromatic carbocycles. The molecule has 5 nitrogen and oxygen atoms in total. The highest BCUT2D eigenvalue weighted by Gasteiger charge is 2.06. The predicted molar refractivity (Wildman–Crippen MR) is 45.4 cm³/mol. The topological polar surface area (TPSA) is 55.6 Å². The van der Waals surface area contributed by atoms with Crippen LogP contribution in [0.5, 0.6) is 5.88 Å². The van der Waals surface area contributed by atoms with Gasteiger partial charge in [0, 0.05) is 20.2 Å². The van der Waals surface area contributed by atoms with E-state index >= 15 is 0 Å². The Kier molecular flexibility index (Phi) is 2.89. The standard InChI is InChI=1S/C8H12N2O3/c1-6-4-7(9-13-6)12-5-8(11)10(2)3/h4H,5H2,1-3H3. The van der Waals surface area contributed by atoms with Crippen molar-refractivity contribution in [2.24, 2.45) is 0 Å². The van der Waals surface area contributed by atoms with E-state index < -0.39 is 0 Å². The lowest BCUT2D eigenvalue weighted by Gasteiger charge is -2.09. The molecule has 0 saturated heterocycles. The summed E-state index contributed by atoms with van der Waals surface area (Å²) in [5.41, 5.74) is 0. The fourth-order valence-electron chi connectivity index (χ4n) is 0.676. The molecule has 1 aromatic heterocycles. The van der Waals surface area contributed by atoms with Crippen molar-refractivity contribution in [2.75, 3.05) is 20.7 Å². The van der Waals surface area contributed by atoms with Gasteiger partial charge in [0.1, 0.15) is 5.76 Å². The van der Waals surface area contributed by atoms with Gasteiger partial charge in [-0.2, -0.15) is 0 Å². The first-order chi connectivity index (χ1) is 6.09. The van der Waals surface area contributed by atoms with Crippen LogP contribution in [0.4, 0.5) is 0 Å². The lowest BCUT2D eigenvalue weighted by atomic mass is 10.5. The van der Waals surface area contributed by atoms with Crippen LogP contribution in [-0.4, -0.2) is 36.7 Å². The molecule has 0 bridgehead atoms. The van der Waals surface area contributed by atoms with Gasteiger partial charge in [-0.05, 0) is 12.1 Å². The van der Waals surface area contributed by atoms with Crippen molar-refractivity contribution in [1.29, 1.82) is 0 Å². The lowest BCUT2D eigenvalue weighted by Crippen LogP contribution is -2.27. The molecule has 1 heterocycles. The molecule has 1 aromatic rings. The Morgan fingerprint density at radius 1 is 1.69 bits per heavy atom. The highest BCUT2D eigenvalue weighted by molar-refractivity contribution is 5.77. The maximum absolute atomic E-state index is 11.1. The Morgan fingerprint density at radius 3 is 2.85 bits per heavy atom. The summed E-state index contributed by atoms with van der Waals surface area (Å²) >= 11 is 0. The van der Waals surface area contributed by atoms with Crippen LogP contribution in [0.1, 0.15) is 5.76 Å². The molecule has 0 saturated carbocycles. The molecule has 13 heavy (non-hydrogen) atoms. The van der Waals surface area contributed by atoms with Crippen molar-refractivity contribution >= 4 is 5.91 Å². The first-order valence-electron chi connectivity index (χ1n) is 3.86. The van der Waals surface area contributed by atoms with Gasteiger partial charge in [0.2, 0.25) is 0 Å². The van der Waals surface area contributed by atoms with Gasteiger partial charge < -0.3 is 14.2 Å². The molecule has 0 unspecified atom stereocenters. The summed E-state index contributed by atoms with van der Waals surface area (Å²) in [5.74, 6) is 0.889. The van der Waals surface area contributed by atoms with E-state index in [1.807, 2.05) is 0 Å². The van der Waals surface area contributed by atoms with Crippen molar-refractivity contribution in [1.82, 2.24) is 10.1 Å². The Morgan fingerprint density at radius 2 is 2.38 bits per heavy atom. The summed E-state index contributed by atoms with van der Waals surface area (Å²) in [6.07, 6.45) is 0. The predicted octanol–water partition coefficient (Wildman–Crippen LogP) is 0.450. The quantitative estimate of drug-likeness (QED) is 0.684. The molecule has 1 amide bonds. The number of hydrogen-bond acceptors (Lipinski definition) is 4. The maximum Gasteiger partial charge on any atom is 0.260 e. The maximum atomic E-state index is 11.1. The molecule has 0 radical (unpaired) electrons. The van der Waals surface area contributed by atoms with Gasteiger partial charge in [0.25, 0.3) is 11.8 Å². The van der Waals surface area contributed by atoms with Gasteiger partial charge in [-0.1, -0.05) is 0 Å². The zero-order valence-electron chi connectivity index (χ0n) is 7.90. The molecule has 0 N–H and O–H groups in total. The van der Waals surface area contributed by atoms with Crippen molar-refractivity contribution in [3.8, 4) is 5.88 Å². The fourth-order valence-corrected chi connectivity index (χ4v) is 0.676. The van der Waals surface area contributed by atoms with Crippen LogP contribution in [0.25, 0.3) is 0 Å². The van der Waals surface area contributed by atoms with Crippen molar-refractivity contribution < 1.29 is 14.1 Å². The minimum Gasteiger partial charge on any atom is -0.465 e. The van der Waals surface area contributed by atoms with E-state index in [4.69, 9.17) is 9.26 Å². The SMILES string of the molecule is Cc1cc(OCC(=O)N(C)C)no1. The van der Waals surface area contributed by atoms with E-state index in [1.54, 1.807) is 27.1 Å². The number of nitrogens with zero attached hydrogens (tertiary/aromatic N) is 2. The van der Waals surface area contributed by atoms with Crippen molar-refractivity contribution in [3.63, 3.8) is 0 Å². The van der Waals surface area contributed by atoms with E-state index in [2.05, 4.69) is 5.16 Å². The number of aryl methyl sites for hydroxylation is 1. The normalized spacial score (nSPS) is 9.77. The van der Waals surface area contributed by atoms with Crippen molar-refractivity contribution in [2.45, 2.75) is 6.92 Å². The number of aromatic nitrogens is 1. The third-order valence-corrected chi connectivity index (χ3v) is 1.45. The molecule has 0 spiro atoms. The third kappa shape index (κ3) is 2.77. The van der Waals surface area contributed by atoms with E-state index in [1.165, 1.54) is 4.90 Å². The molecule has 0 fully saturated rings. The minimum atomic E-state index is -0.111. The van der Waals surface area contributed by atoms with Gasteiger partial charge in [-0.25, -0.2) is 0 Å². The summed E-state index contributed by atoms with van der Waals surface area (Å²) < 4.78 is 9.81. The molecule has 5 heteroatoms. The third-order valence-electron chi connectivity index (χ3n) is 1.45. The largest absolute Gasteiger partial charge is 0.465 e.